The van der Waals surface area contributed by atoms with Crippen LogP contribution < -0.4 is 5.56 Å². The molecule has 130 valence electrons. The Kier molecular flexibility index (Phi) is 4.87. The number of rotatable bonds is 6. The van der Waals surface area contributed by atoms with Crippen molar-refractivity contribution in [3.8, 4) is 0 Å². The fraction of sp³-hybridized carbons (Fsp3) is 0.353. The SMILES string of the molecule is CCc1nnc(CN(CC)C(=O)Cn2ncc3ccccc3c2=O)o1. The molecule has 0 radical (unpaired) electrons. The van der Waals surface area contributed by atoms with Crippen molar-refractivity contribution in [3.05, 3.63) is 52.6 Å². The number of carbonyl (C=O) groups is 1. The number of hydrogen-bond acceptors (Lipinski definition) is 6. The smallest absolute Gasteiger partial charge is 0.275 e. The van der Waals surface area contributed by atoms with Crippen molar-refractivity contribution >= 4 is 16.7 Å². The van der Waals surface area contributed by atoms with Gasteiger partial charge in [-0.3, -0.25) is 9.59 Å². The van der Waals surface area contributed by atoms with E-state index < -0.39 is 0 Å². The zero-order valence-electron chi connectivity index (χ0n) is 14.2. The summed E-state index contributed by atoms with van der Waals surface area (Å²) in [7, 11) is 0. The van der Waals surface area contributed by atoms with Crippen molar-refractivity contribution in [1.82, 2.24) is 24.9 Å². The molecular weight excluding hydrogens is 322 g/mol. The number of aryl methyl sites for hydroxylation is 1. The molecule has 3 aromatic rings. The highest BCUT2D eigenvalue weighted by Crippen LogP contribution is 2.08. The lowest BCUT2D eigenvalue weighted by atomic mass is 10.2. The predicted octanol–water partition coefficient (Wildman–Crippen LogP) is 1.39. The molecular formula is C17H19N5O3. The van der Waals surface area contributed by atoms with Crippen molar-refractivity contribution in [2.24, 2.45) is 0 Å². The fourth-order valence-corrected chi connectivity index (χ4v) is 2.50. The van der Waals surface area contributed by atoms with E-state index in [1.165, 1.54) is 4.68 Å². The van der Waals surface area contributed by atoms with Crippen LogP contribution in [-0.2, 0) is 24.3 Å². The van der Waals surface area contributed by atoms with Crippen LogP contribution in [0.1, 0.15) is 25.6 Å². The van der Waals surface area contributed by atoms with Crippen LogP contribution in [0.3, 0.4) is 0 Å². The number of carbonyl (C=O) groups excluding carboxylic acids is 1. The minimum Gasteiger partial charge on any atom is -0.423 e. The molecule has 0 N–H and O–H groups in total. The summed E-state index contributed by atoms with van der Waals surface area (Å²) < 4.78 is 6.63. The van der Waals surface area contributed by atoms with Crippen molar-refractivity contribution in [2.45, 2.75) is 33.4 Å². The maximum Gasteiger partial charge on any atom is 0.275 e. The zero-order chi connectivity index (χ0) is 17.8. The van der Waals surface area contributed by atoms with E-state index in [1.807, 2.05) is 26.0 Å². The first kappa shape index (κ1) is 16.8. The molecule has 1 amide bonds. The normalized spacial score (nSPS) is 11.0. The van der Waals surface area contributed by atoms with Crippen LogP contribution in [0, 0.1) is 0 Å². The van der Waals surface area contributed by atoms with E-state index in [-0.39, 0.29) is 24.6 Å². The van der Waals surface area contributed by atoms with Gasteiger partial charge in [-0.25, -0.2) is 4.68 Å². The van der Waals surface area contributed by atoms with E-state index >= 15 is 0 Å². The van der Waals surface area contributed by atoms with Gasteiger partial charge in [0, 0.05) is 18.4 Å². The summed E-state index contributed by atoms with van der Waals surface area (Å²) in [5.74, 6) is 0.681. The Labute approximate surface area is 144 Å². The van der Waals surface area contributed by atoms with Crippen LogP contribution in [0.15, 0.2) is 39.7 Å². The van der Waals surface area contributed by atoms with Gasteiger partial charge in [-0.1, -0.05) is 25.1 Å². The molecule has 8 heteroatoms. The zero-order valence-corrected chi connectivity index (χ0v) is 14.2. The average Bonchev–Trinajstić information content (AvgIpc) is 3.10. The summed E-state index contributed by atoms with van der Waals surface area (Å²) in [5.41, 5.74) is -0.284. The second-order valence-corrected chi connectivity index (χ2v) is 5.55. The molecule has 8 nitrogen and oxygen atoms in total. The first-order valence-electron chi connectivity index (χ1n) is 8.16. The maximum atomic E-state index is 12.5. The van der Waals surface area contributed by atoms with Crippen molar-refractivity contribution in [3.63, 3.8) is 0 Å². The van der Waals surface area contributed by atoms with Gasteiger partial charge in [-0.15, -0.1) is 10.2 Å². The topological polar surface area (TPSA) is 94.1 Å². The highest BCUT2D eigenvalue weighted by molar-refractivity contribution is 5.81. The number of hydrogen-bond donors (Lipinski definition) is 0. The van der Waals surface area contributed by atoms with Crippen LogP contribution in [-0.4, -0.2) is 37.3 Å². The van der Waals surface area contributed by atoms with Gasteiger partial charge < -0.3 is 9.32 Å². The standard InChI is InChI=1S/C17H19N5O3/c1-3-14-19-20-15(25-14)10-21(4-2)16(23)11-22-17(24)13-8-6-5-7-12(13)9-18-22/h5-9H,3-4,10-11H2,1-2H3. The lowest BCUT2D eigenvalue weighted by Crippen LogP contribution is -2.37. The van der Waals surface area contributed by atoms with Gasteiger partial charge in [0.1, 0.15) is 6.54 Å². The summed E-state index contributed by atoms with van der Waals surface area (Å²) in [4.78, 5) is 26.6. The quantitative estimate of drug-likeness (QED) is 0.672. The lowest BCUT2D eigenvalue weighted by Gasteiger charge is -2.19. The summed E-state index contributed by atoms with van der Waals surface area (Å²) in [5, 5.41) is 13.2. The minimum absolute atomic E-state index is 0.133. The van der Waals surface area contributed by atoms with Gasteiger partial charge in [-0.05, 0) is 13.0 Å². The predicted molar refractivity (Wildman–Crippen MR) is 90.8 cm³/mol. The molecule has 0 atom stereocenters. The van der Waals surface area contributed by atoms with Crippen LogP contribution in [0.5, 0.6) is 0 Å². The second kappa shape index (κ2) is 7.25. The Balaban J connectivity index is 1.78. The molecule has 0 saturated heterocycles. The van der Waals surface area contributed by atoms with Crippen molar-refractivity contribution in [2.75, 3.05) is 6.54 Å². The van der Waals surface area contributed by atoms with Crippen LogP contribution >= 0.6 is 0 Å². The average molecular weight is 341 g/mol. The minimum atomic E-state index is -0.284. The third kappa shape index (κ3) is 3.57. The van der Waals surface area contributed by atoms with Gasteiger partial charge in [0.05, 0.1) is 18.1 Å². The highest BCUT2D eigenvalue weighted by Gasteiger charge is 2.17. The first-order valence-corrected chi connectivity index (χ1v) is 8.16. The Hall–Kier alpha value is -3.03. The summed E-state index contributed by atoms with van der Waals surface area (Å²) in [6.07, 6.45) is 2.23. The monoisotopic (exact) mass is 341 g/mol. The molecule has 0 aliphatic rings. The van der Waals surface area contributed by atoms with Gasteiger partial charge in [0.2, 0.25) is 17.7 Å². The lowest BCUT2D eigenvalue weighted by molar-refractivity contribution is -0.132. The summed E-state index contributed by atoms with van der Waals surface area (Å²) in [6.45, 7) is 4.31. The van der Waals surface area contributed by atoms with E-state index in [1.54, 1.807) is 23.2 Å². The third-order valence-electron chi connectivity index (χ3n) is 3.92. The molecule has 3 rings (SSSR count). The first-order chi connectivity index (χ1) is 12.1. The van der Waals surface area contributed by atoms with Crippen molar-refractivity contribution in [1.29, 1.82) is 0 Å². The second-order valence-electron chi connectivity index (χ2n) is 5.55. The Morgan fingerprint density at radius 2 is 1.96 bits per heavy atom. The molecule has 1 aromatic carbocycles. The van der Waals surface area contributed by atoms with E-state index in [4.69, 9.17) is 4.42 Å². The number of likely N-dealkylation sites (N-methyl/N-ethyl adjacent to an activating group) is 1. The molecule has 2 aromatic heterocycles. The van der Waals surface area contributed by atoms with Gasteiger partial charge >= 0.3 is 0 Å². The molecule has 0 unspecified atom stereocenters. The Bertz CT molecular complexity index is 947. The molecule has 2 heterocycles. The molecule has 25 heavy (non-hydrogen) atoms. The molecule has 0 bridgehead atoms. The number of benzene rings is 1. The van der Waals surface area contributed by atoms with E-state index in [0.717, 1.165) is 5.39 Å². The van der Waals surface area contributed by atoms with Gasteiger partial charge in [0.15, 0.2) is 0 Å². The molecule has 0 spiro atoms. The molecule has 0 fully saturated rings. The molecule has 0 aliphatic carbocycles. The van der Waals surface area contributed by atoms with E-state index in [0.29, 0.717) is 30.1 Å². The highest BCUT2D eigenvalue weighted by atomic mass is 16.4. The van der Waals surface area contributed by atoms with Gasteiger partial charge in [0.25, 0.3) is 5.56 Å². The number of nitrogens with zero attached hydrogens (tertiary/aromatic N) is 5. The molecule has 0 aliphatic heterocycles. The molecule has 0 saturated carbocycles. The maximum absolute atomic E-state index is 12.5. The van der Waals surface area contributed by atoms with E-state index in [9.17, 15) is 9.59 Å². The third-order valence-corrected chi connectivity index (χ3v) is 3.92. The fourth-order valence-electron chi connectivity index (χ4n) is 2.50. The van der Waals surface area contributed by atoms with Crippen LogP contribution in [0.4, 0.5) is 0 Å². The summed E-state index contributed by atoms with van der Waals surface area (Å²) in [6, 6.07) is 7.17. The van der Waals surface area contributed by atoms with Crippen LogP contribution in [0.2, 0.25) is 0 Å². The number of amides is 1. The number of aromatic nitrogens is 4. The Morgan fingerprint density at radius 1 is 1.20 bits per heavy atom. The number of fused-ring (bicyclic) bond motifs is 1. The van der Waals surface area contributed by atoms with Gasteiger partial charge in [-0.2, -0.15) is 5.10 Å². The van der Waals surface area contributed by atoms with Crippen LogP contribution in [0.25, 0.3) is 10.8 Å². The Morgan fingerprint density at radius 3 is 2.68 bits per heavy atom. The van der Waals surface area contributed by atoms with Crippen molar-refractivity contribution < 1.29 is 9.21 Å². The van der Waals surface area contributed by atoms with E-state index in [2.05, 4.69) is 15.3 Å². The largest absolute Gasteiger partial charge is 0.423 e. The summed E-state index contributed by atoms with van der Waals surface area (Å²) >= 11 is 0.